The van der Waals surface area contributed by atoms with E-state index in [1.807, 2.05) is 42.2 Å². The Labute approximate surface area is 116 Å². The maximum atomic E-state index is 11.4. The van der Waals surface area contributed by atoms with Crippen LogP contribution in [0.15, 0.2) is 30.3 Å². The highest BCUT2D eigenvalue weighted by atomic mass is 16.5. The molecule has 0 amide bonds. The number of carboxylic acids is 1. The molecule has 5 nitrogen and oxygen atoms in total. The van der Waals surface area contributed by atoms with Crippen molar-refractivity contribution >= 4 is 22.6 Å². The number of carbonyl (C=O) groups is 1. The molecule has 1 aromatic carbocycles. The highest BCUT2D eigenvalue weighted by molar-refractivity contribution is 5.94. The lowest BCUT2D eigenvalue weighted by atomic mass is 10.1. The van der Waals surface area contributed by atoms with Crippen molar-refractivity contribution in [1.82, 2.24) is 4.98 Å². The lowest BCUT2D eigenvalue weighted by Crippen LogP contribution is -2.50. The van der Waals surface area contributed by atoms with Crippen LogP contribution in [-0.4, -0.2) is 41.9 Å². The number of hydrogen-bond donors (Lipinski definition) is 1. The second-order valence-corrected chi connectivity index (χ2v) is 4.92. The van der Waals surface area contributed by atoms with Crippen LogP contribution < -0.4 is 4.90 Å². The van der Waals surface area contributed by atoms with Crippen LogP contribution >= 0.6 is 0 Å². The number of pyridine rings is 1. The zero-order valence-corrected chi connectivity index (χ0v) is 11.2. The number of carboxylic acid groups (broad SMARTS) is 1. The molecule has 1 aliphatic rings. The molecule has 1 fully saturated rings. The smallest absolute Gasteiger partial charge is 0.328 e. The van der Waals surface area contributed by atoms with Gasteiger partial charge >= 0.3 is 5.97 Å². The molecule has 104 valence electrons. The van der Waals surface area contributed by atoms with Gasteiger partial charge in [-0.05, 0) is 19.1 Å². The second kappa shape index (κ2) is 5.09. The summed E-state index contributed by atoms with van der Waals surface area (Å²) in [5.41, 5.74) is 2.69. The molecule has 1 unspecified atom stereocenters. The monoisotopic (exact) mass is 272 g/mol. The number of benzene rings is 1. The zero-order chi connectivity index (χ0) is 14.1. The normalized spacial score (nSPS) is 19.2. The lowest BCUT2D eigenvalue weighted by Gasteiger charge is -2.35. The molecule has 2 aromatic rings. The third-order valence-corrected chi connectivity index (χ3v) is 3.55. The number of ether oxygens (including phenoxy) is 1. The van der Waals surface area contributed by atoms with Gasteiger partial charge in [0.1, 0.15) is 0 Å². The molecule has 0 bridgehead atoms. The summed E-state index contributed by atoms with van der Waals surface area (Å²) in [5.74, 6) is -0.858. The number of rotatable bonds is 2. The van der Waals surface area contributed by atoms with E-state index in [1.165, 1.54) is 0 Å². The van der Waals surface area contributed by atoms with Crippen molar-refractivity contribution in [3.63, 3.8) is 0 Å². The van der Waals surface area contributed by atoms with Gasteiger partial charge < -0.3 is 14.7 Å². The maximum Gasteiger partial charge on any atom is 0.328 e. The summed E-state index contributed by atoms with van der Waals surface area (Å²) in [7, 11) is 0. The van der Waals surface area contributed by atoms with E-state index in [1.54, 1.807) is 0 Å². The Hall–Kier alpha value is -2.14. The predicted molar refractivity (Wildman–Crippen MR) is 76.1 cm³/mol. The van der Waals surface area contributed by atoms with Gasteiger partial charge in [0, 0.05) is 23.3 Å². The molecule has 0 radical (unpaired) electrons. The van der Waals surface area contributed by atoms with Crippen LogP contribution in [0, 0.1) is 6.92 Å². The molecule has 0 aliphatic carbocycles. The molecule has 1 aromatic heterocycles. The summed E-state index contributed by atoms with van der Waals surface area (Å²) in [5, 5.41) is 10.4. The van der Waals surface area contributed by atoms with Crippen molar-refractivity contribution in [2.75, 3.05) is 24.7 Å². The maximum absolute atomic E-state index is 11.4. The topological polar surface area (TPSA) is 62.7 Å². The largest absolute Gasteiger partial charge is 0.480 e. The summed E-state index contributed by atoms with van der Waals surface area (Å²) < 4.78 is 5.30. The molecule has 20 heavy (non-hydrogen) atoms. The van der Waals surface area contributed by atoms with E-state index in [2.05, 4.69) is 4.98 Å². The van der Waals surface area contributed by atoms with Gasteiger partial charge in [-0.15, -0.1) is 0 Å². The van der Waals surface area contributed by atoms with E-state index in [0.29, 0.717) is 13.2 Å². The highest BCUT2D eigenvalue weighted by Crippen LogP contribution is 2.29. The summed E-state index contributed by atoms with van der Waals surface area (Å²) >= 11 is 0. The van der Waals surface area contributed by atoms with Gasteiger partial charge in [-0.3, -0.25) is 4.98 Å². The Balaban J connectivity index is 2.14. The van der Waals surface area contributed by atoms with Gasteiger partial charge in [0.25, 0.3) is 0 Å². The first kappa shape index (κ1) is 12.9. The average Bonchev–Trinajstić information content (AvgIpc) is 2.46. The van der Waals surface area contributed by atoms with Gasteiger partial charge in [-0.2, -0.15) is 0 Å². The van der Waals surface area contributed by atoms with Crippen LogP contribution in [0.25, 0.3) is 10.9 Å². The fourth-order valence-corrected chi connectivity index (χ4v) is 2.62. The minimum absolute atomic E-state index is 0.213. The van der Waals surface area contributed by atoms with Crippen molar-refractivity contribution in [3.8, 4) is 0 Å². The van der Waals surface area contributed by atoms with E-state index in [9.17, 15) is 9.90 Å². The Morgan fingerprint density at radius 3 is 3.05 bits per heavy atom. The average molecular weight is 272 g/mol. The lowest BCUT2D eigenvalue weighted by molar-refractivity contribution is -0.141. The molecule has 1 N–H and O–H groups in total. The van der Waals surface area contributed by atoms with E-state index in [-0.39, 0.29) is 6.61 Å². The molecular formula is C15H16N2O3. The van der Waals surface area contributed by atoms with Crippen LogP contribution in [-0.2, 0) is 9.53 Å². The first-order valence-electron chi connectivity index (χ1n) is 6.60. The molecule has 1 saturated heterocycles. The number of aliphatic carboxylic acids is 1. The first-order valence-corrected chi connectivity index (χ1v) is 6.60. The number of aromatic nitrogens is 1. The summed E-state index contributed by atoms with van der Waals surface area (Å²) in [6.45, 7) is 3.25. The van der Waals surface area contributed by atoms with Gasteiger partial charge in [0.15, 0.2) is 6.04 Å². The van der Waals surface area contributed by atoms with Crippen molar-refractivity contribution < 1.29 is 14.6 Å². The van der Waals surface area contributed by atoms with Crippen LogP contribution in [0.5, 0.6) is 0 Å². The summed E-state index contributed by atoms with van der Waals surface area (Å²) in [4.78, 5) is 17.8. The molecule has 3 rings (SSSR count). The van der Waals surface area contributed by atoms with E-state index < -0.39 is 12.0 Å². The van der Waals surface area contributed by atoms with Crippen molar-refractivity contribution in [1.29, 1.82) is 0 Å². The Bertz CT molecular complexity index is 657. The highest BCUT2D eigenvalue weighted by Gasteiger charge is 2.30. The molecule has 0 spiro atoms. The molecule has 1 aliphatic heterocycles. The van der Waals surface area contributed by atoms with E-state index in [4.69, 9.17) is 4.74 Å². The minimum atomic E-state index is -0.858. The number of hydrogen-bond acceptors (Lipinski definition) is 4. The number of nitrogens with zero attached hydrogens (tertiary/aromatic N) is 2. The first-order chi connectivity index (χ1) is 9.66. The Morgan fingerprint density at radius 2 is 2.25 bits per heavy atom. The van der Waals surface area contributed by atoms with Crippen molar-refractivity contribution in [2.24, 2.45) is 0 Å². The third kappa shape index (κ3) is 2.20. The second-order valence-electron chi connectivity index (χ2n) is 4.92. The van der Waals surface area contributed by atoms with Crippen LogP contribution in [0.3, 0.4) is 0 Å². The van der Waals surface area contributed by atoms with Crippen molar-refractivity contribution in [2.45, 2.75) is 13.0 Å². The predicted octanol–water partition coefficient (Wildman–Crippen LogP) is 1.83. The zero-order valence-electron chi connectivity index (χ0n) is 11.2. The summed E-state index contributed by atoms with van der Waals surface area (Å²) in [6.07, 6.45) is 0. The van der Waals surface area contributed by atoms with E-state index in [0.717, 1.165) is 22.3 Å². The standard InChI is InChI=1S/C15H16N2O3/c1-10-8-13(11-4-2-3-5-12(11)16-10)17-6-7-20-9-14(17)15(18)19/h2-5,8,14H,6-7,9H2,1H3,(H,18,19). The van der Waals surface area contributed by atoms with Gasteiger partial charge in [-0.25, -0.2) is 4.79 Å². The molecule has 1 atom stereocenters. The number of aryl methyl sites for hydroxylation is 1. The van der Waals surface area contributed by atoms with Crippen molar-refractivity contribution in [3.05, 3.63) is 36.0 Å². The fraction of sp³-hybridized carbons (Fsp3) is 0.333. The molecule has 0 saturated carbocycles. The quantitative estimate of drug-likeness (QED) is 0.903. The van der Waals surface area contributed by atoms with Crippen LogP contribution in [0.1, 0.15) is 5.69 Å². The number of anilines is 1. The number of para-hydroxylation sites is 1. The number of morpholine rings is 1. The van der Waals surface area contributed by atoms with E-state index >= 15 is 0 Å². The molecular weight excluding hydrogens is 256 g/mol. The van der Waals surface area contributed by atoms with Gasteiger partial charge in [-0.1, -0.05) is 18.2 Å². The Morgan fingerprint density at radius 1 is 1.45 bits per heavy atom. The van der Waals surface area contributed by atoms with Gasteiger partial charge in [0.05, 0.1) is 18.7 Å². The van der Waals surface area contributed by atoms with Crippen LogP contribution in [0.2, 0.25) is 0 Å². The summed E-state index contributed by atoms with van der Waals surface area (Å²) in [6, 6.07) is 9.11. The van der Waals surface area contributed by atoms with Crippen LogP contribution in [0.4, 0.5) is 5.69 Å². The SMILES string of the molecule is Cc1cc(N2CCOCC2C(=O)O)c2ccccc2n1. The Kier molecular flexibility index (Phi) is 3.28. The molecule has 2 heterocycles. The minimum Gasteiger partial charge on any atom is -0.480 e. The fourth-order valence-electron chi connectivity index (χ4n) is 2.62. The molecule has 5 heteroatoms. The van der Waals surface area contributed by atoms with Gasteiger partial charge in [0.2, 0.25) is 0 Å². The third-order valence-electron chi connectivity index (χ3n) is 3.55. The number of fused-ring (bicyclic) bond motifs is 1.